The highest BCUT2D eigenvalue weighted by Gasteiger charge is 2.06. The van der Waals surface area contributed by atoms with Gasteiger partial charge < -0.3 is 5.32 Å². The van der Waals surface area contributed by atoms with E-state index in [-0.39, 0.29) is 11.6 Å². The van der Waals surface area contributed by atoms with Gasteiger partial charge in [-0.15, -0.1) is 11.8 Å². The number of thioether (sulfide) groups is 1. The van der Waals surface area contributed by atoms with E-state index in [4.69, 9.17) is 0 Å². The Bertz CT molecular complexity index is 545. The normalized spacial score (nSPS) is 10.2. The van der Waals surface area contributed by atoms with Gasteiger partial charge in [0.05, 0.1) is 5.69 Å². The van der Waals surface area contributed by atoms with Crippen LogP contribution in [0.4, 0.5) is 10.1 Å². The van der Waals surface area contributed by atoms with Crippen LogP contribution in [0.5, 0.6) is 0 Å². The Kier molecular flexibility index (Phi) is 4.98. The molecule has 0 saturated carbocycles. The lowest BCUT2D eigenvalue weighted by Crippen LogP contribution is -2.13. The van der Waals surface area contributed by atoms with Crippen LogP contribution in [0.15, 0.2) is 59.5 Å². The lowest BCUT2D eigenvalue weighted by Gasteiger charge is -2.06. The Morgan fingerprint density at radius 3 is 2.47 bits per heavy atom. The highest BCUT2D eigenvalue weighted by Crippen LogP contribution is 2.18. The van der Waals surface area contributed by atoms with Gasteiger partial charge in [-0.2, -0.15) is 0 Å². The highest BCUT2D eigenvalue weighted by atomic mass is 32.2. The molecule has 0 aliphatic carbocycles. The Morgan fingerprint density at radius 1 is 1.05 bits per heavy atom. The molecule has 0 saturated heterocycles. The van der Waals surface area contributed by atoms with Gasteiger partial charge in [-0.25, -0.2) is 4.39 Å². The van der Waals surface area contributed by atoms with Gasteiger partial charge in [0.1, 0.15) is 5.82 Å². The Labute approximate surface area is 116 Å². The molecule has 0 heterocycles. The molecular formula is C15H14FNOS. The molecule has 0 aliphatic heterocycles. The lowest BCUT2D eigenvalue weighted by molar-refractivity contribution is -0.115. The van der Waals surface area contributed by atoms with Crippen LogP contribution in [0.25, 0.3) is 0 Å². The summed E-state index contributed by atoms with van der Waals surface area (Å²) in [5.41, 5.74) is 0.234. The molecule has 2 aromatic rings. The number of nitrogens with one attached hydrogen (secondary N) is 1. The van der Waals surface area contributed by atoms with Crippen LogP contribution in [0, 0.1) is 5.82 Å². The third-order valence-corrected chi connectivity index (χ3v) is 3.50. The third-order valence-electron chi connectivity index (χ3n) is 2.49. The van der Waals surface area contributed by atoms with Crippen molar-refractivity contribution in [2.75, 3.05) is 11.1 Å². The first-order valence-electron chi connectivity index (χ1n) is 5.98. The van der Waals surface area contributed by atoms with E-state index in [1.165, 1.54) is 6.07 Å². The first-order valence-corrected chi connectivity index (χ1v) is 6.96. The average Bonchev–Trinajstić information content (AvgIpc) is 2.43. The quantitative estimate of drug-likeness (QED) is 0.837. The van der Waals surface area contributed by atoms with Crippen molar-refractivity contribution in [3.8, 4) is 0 Å². The predicted molar refractivity (Wildman–Crippen MR) is 76.8 cm³/mol. The van der Waals surface area contributed by atoms with Gasteiger partial charge in [0.2, 0.25) is 5.91 Å². The Balaban J connectivity index is 1.78. The molecule has 0 atom stereocenters. The van der Waals surface area contributed by atoms with Crippen LogP contribution in [-0.4, -0.2) is 11.7 Å². The minimum Gasteiger partial charge on any atom is -0.324 e. The molecule has 0 unspecified atom stereocenters. The van der Waals surface area contributed by atoms with Crippen LogP contribution in [0.1, 0.15) is 6.42 Å². The maximum atomic E-state index is 13.3. The number of halogens is 1. The van der Waals surface area contributed by atoms with E-state index in [2.05, 4.69) is 5.32 Å². The number of amides is 1. The van der Waals surface area contributed by atoms with E-state index >= 15 is 0 Å². The molecule has 19 heavy (non-hydrogen) atoms. The lowest BCUT2D eigenvalue weighted by atomic mass is 10.3. The fourth-order valence-corrected chi connectivity index (χ4v) is 2.43. The zero-order valence-electron chi connectivity index (χ0n) is 10.3. The summed E-state index contributed by atoms with van der Waals surface area (Å²) in [6, 6.07) is 16.0. The molecular weight excluding hydrogens is 261 g/mol. The molecule has 1 N–H and O–H groups in total. The number of para-hydroxylation sites is 1. The van der Waals surface area contributed by atoms with Crippen LogP contribution in [0.3, 0.4) is 0 Å². The number of benzene rings is 2. The first-order chi connectivity index (χ1) is 9.25. The van der Waals surface area contributed by atoms with E-state index in [0.717, 1.165) is 4.90 Å². The summed E-state index contributed by atoms with van der Waals surface area (Å²) in [4.78, 5) is 12.8. The summed E-state index contributed by atoms with van der Waals surface area (Å²) in [5.74, 6) is 0.0877. The molecule has 98 valence electrons. The molecule has 0 bridgehead atoms. The first kappa shape index (κ1) is 13.6. The maximum absolute atomic E-state index is 13.3. The zero-order chi connectivity index (χ0) is 13.5. The fourth-order valence-electron chi connectivity index (χ4n) is 1.55. The van der Waals surface area contributed by atoms with E-state index in [1.807, 2.05) is 30.3 Å². The van der Waals surface area contributed by atoms with Gasteiger partial charge in [0.25, 0.3) is 0 Å². The monoisotopic (exact) mass is 275 g/mol. The van der Waals surface area contributed by atoms with Crippen molar-refractivity contribution in [1.82, 2.24) is 0 Å². The number of anilines is 1. The van der Waals surface area contributed by atoms with Gasteiger partial charge in [-0.05, 0) is 24.3 Å². The standard InChI is InChI=1S/C15H14FNOS/c16-13-8-4-5-9-14(13)17-15(18)10-11-19-12-6-2-1-3-7-12/h1-9H,10-11H2,(H,17,18). The SMILES string of the molecule is O=C(CCSc1ccccc1)Nc1ccccc1F. The van der Waals surface area contributed by atoms with Crippen molar-refractivity contribution in [3.63, 3.8) is 0 Å². The van der Waals surface area contributed by atoms with E-state index in [9.17, 15) is 9.18 Å². The highest BCUT2D eigenvalue weighted by molar-refractivity contribution is 7.99. The Hall–Kier alpha value is -1.81. The van der Waals surface area contributed by atoms with Crippen molar-refractivity contribution in [2.24, 2.45) is 0 Å². The van der Waals surface area contributed by atoms with Crippen molar-refractivity contribution in [1.29, 1.82) is 0 Å². The minimum absolute atomic E-state index is 0.173. The summed E-state index contributed by atoms with van der Waals surface area (Å²) in [7, 11) is 0. The summed E-state index contributed by atoms with van der Waals surface area (Å²) in [6.45, 7) is 0. The van der Waals surface area contributed by atoms with Gasteiger partial charge >= 0.3 is 0 Å². The fraction of sp³-hybridized carbons (Fsp3) is 0.133. The topological polar surface area (TPSA) is 29.1 Å². The molecule has 2 aromatic carbocycles. The number of hydrogen-bond acceptors (Lipinski definition) is 2. The molecule has 0 radical (unpaired) electrons. The van der Waals surface area contributed by atoms with Crippen molar-refractivity contribution in [3.05, 3.63) is 60.4 Å². The molecule has 0 aliphatic rings. The smallest absolute Gasteiger partial charge is 0.225 e. The molecule has 4 heteroatoms. The maximum Gasteiger partial charge on any atom is 0.225 e. The van der Waals surface area contributed by atoms with Crippen molar-refractivity contribution in [2.45, 2.75) is 11.3 Å². The zero-order valence-corrected chi connectivity index (χ0v) is 11.1. The van der Waals surface area contributed by atoms with E-state index in [1.54, 1.807) is 30.0 Å². The molecule has 0 aromatic heterocycles. The Morgan fingerprint density at radius 2 is 1.74 bits per heavy atom. The van der Waals surface area contributed by atoms with Crippen LogP contribution >= 0.6 is 11.8 Å². The second-order valence-corrected chi connectivity index (χ2v) is 5.11. The number of carbonyl (C=O) groups is 1. The summed E-state index contributed by atoms with van der Waals surface area (Å²) < 4.78 is 13.3. The number of carbonyl (C=O) groups excluding carboxylic acids is 1. The molecule has 2 rings (SSSR count). The minimum atomic E-state index is -0.411. The van der Waals surface area contributed by atoms with Gasteiger partial charge in [0, 0.05) is 17.1 Å². The molecule has 2 nitrogen and oxygen atoms in total. The number of hydrogen-bond donors (Lipinski definition) is 1. The van der Waals surface area contributed by atoms with Crippen LogP contribution < -0.4 is 5.32 Å². The van der Waals surface area contributed by atoms with E-state index < -0.39 is 5.82 Å². The van der Waals surface area contributed by atoms with Crippen LogP contribution in [-0.2, 0) is 4.79 Å². The van der Waals surface area contributed by atoms with Crippen molar-refractivity contribution >= 4 is 23.4 Å². The second kappa shape index (κ2) is 6.95. The van der Waals surface area contributed by atoms with E-state index in [0.29, 0.717) is 12.2 Å². The summed E-state index contributed by atoms with van der Waals surface area (Å²) in [5, 5.41) is 2.57. The predicted octanol–water partition coefficient (Wildman–Crippen LogP) is 3.95. The third kappa shape index (κ3) is 4.41. The largest absolute Gasteiger partial charge is 0.324 e. The van der Waals surface area contributed by atoms with Gasteiger partial charge in [0.15, 0.2) is 0 Å². The molecule has 0 fully saturated rings. The summed E-state index contributed by atoms with van der Waals surface area (Å²) in [6.07, 6.45) is 0.355. The van der Waals surface area contributed by atoms with Crippen molar-refractivity contribution < 1.29 is 9.18 Å². The number of rotatable bonds is 5. The summed E-state index contributed by atoms with van der Waals surface area (Å²) >= 11 is 1.61. The molecule has 1 amide bonds. The van der Waals surface area contributed by atoms with Crippen LogP contribution in [0.2, 0.25) is 0 Å². The average molecular weight is 275 g/mol. The van der Waals surface area contributed by atoms with Gasteiger partial charge in [-0.1, -0.05) is 30.3 Å². The molecule has 0 spiro atoms. The second-order valence-electron chi connectivity index (χ2n) is 3.94. The van der Waals surface area contributed by atoms with Gasteiger partial charge in [-0.3, -0.25) is 4.79 Å².